The molecule has 1 aromatic rings. The average molecular weight is 288 g/mol. The maximum Gasteiger partial charge on any atom is 0.335 e. The van der Waals surface area contributed by atoms with Crippen LogP contribution >= 0.6 is 0 Å². The fourth-order valence-electron chi connectivity index (χ4n) is 3.04. The standard InChI is InChI=1S/C16H20N2O3/c17-14(10-4-5-10)8-15(19)18-7-6-12-11(9-18)2-1-3-13(12)16(20)21/h1-3,10,14H,4-9,17H2,(H,20,21). The molecule has 1 fully saturated rings. The molecule has 112 valence electrons. The summed E-state index contributed by atoms with van der Waals surface area (Å²) >= 11 is 0. The number of nitrogens with two attached hydrogens (primary N) is 1. The van der Waals surface area contributed by atoms with Gasteiger partial charge in [0.05, 0.1) is 5.56 Å². The molecule has 1 heterocycles. The van der Waals surface area contributed by atoms with Crippen LogP contribution in [0.5, 0.6) is 0 Å². The second-order valence-corrected chi connectivity index (χ2v) is 6.02. The smallest absolute Gasteiger partial charge is 0.335 e. The zero-order valence-corrected chi connectivity index (χ0v) is 11.9. The minimum Gasteiger partial charge on any atom is -0.478 e. The molecule has 1 atom stereocenters. The minimum absolute atomic E-state index is 0.0238. The summed E-state index contributed by atoms with van der Waals surface area (Å²) in [5, 5.41) is 9.21. The van der Waals surface area contributed by atoms with Crippen molar-refractivity contribution in [3.8, 4) is 0 Å². The summed E-state index contributed by atoms with van der Waals surface area (Å²) < 4.78 is 0. The SMILES string of the molecule is NC(CC(=O)N1CCc2c(cccc2C(=O)O)C1)C1CC1. The lowest BCUT2D eigenvalue weighted by molar-refractivity contribution is -0.132. The van der Waals surface area contributed by atoms with Crippen LogP contribution in [0, 0.1) is 5.92 Å². The molecule has 0 bridgehead atoms. The summed E-state index contributed by atoms with van der Waals surface area (Å²) in [5.74, 6) is -0.298. The highest BCUT2D eigenvalue weighted by Gasteiger charge is 2.32. The first-order valence-electron chi connectivity index (χ1n) is 7.43. The number of amides is 1. The number of benzene rings is 1. The predicted molar refractivity (Wildman–Crippen MR) is 77.8 cm³/mol. The van der Waals surface area contributed by atoms with E-state index < -0.39 is 5.97 Å². The predicted octanol–water partition coefficient (Wildman–Crippen LogP) is 1.40. The molecule has 0 spiro atoms. The van der Waals surface area contributed by atoms with Crippen LogP contribution in [-0.2, 0) is 17.8 Å². The number of hydrogen-bond donors (Lipinski definition) is 2. The van der Waals surface area contributed by atoms with Gasteiger partial charge in [0, 0.05) is 25.6 Å². The number of rotatable bonds is 4. The van der Waals surface area contributed by atoms with E-state index in [0.29, 0.717) is 37.4 Å². The van der Waals surface area contributed by atoms with Gasteiger partial charge in [0.25, 0.3) is 0 Å². The second-order valence-electron chi connectivity index (χ2n) is 6.02. The Balaban J connectivity index is 1.70. The van der Waals surface area contributed by atoms with Gasteiger partial charge in [0.2, 0.25) is 5.91 Å². The molecule has 0 radical (unpaired) electrons. The molecule has 0 aromatic heterocycles. The molecule has 3 N–H and O–H groups in total. The van der Waals surface area contributed by atoms with Crippen LogP contribution in [0.2, 0.25) is 0 Å². The van der Waals surface area contributed by atoms with E-state index in [0.717, 1.165) is 24.0 Å². The maximum atomic E-state index is 12.3. The number of nitrogens with zero attached hydrogens (tertiary/aromatic N) is 1. The Labute approximate surface area is 123 Å². The zero-order chi connectivity index (χ0) is 15.0. The van der Waals surface area contributed by atoms with Gasteiger partial charge in [-0.15, -0.1) is 0 Å². The van der Waals surface area contributed by atoms with Crippen LogP contribution in [0.3, 0.4) is 0 Å². The molecule has 21 heavy (non-hydrogen) atoms. The van der Waals surface area contributed by atoms with Crippen LogP contribution in [0.1, 0.15) is 40.7 Å². The van der Waals surface area contributed by atoms with Crippen molar-refractivity contribution in [1.29, 1.82) is 0 Å². The molecule has 1 amide bonds. The number of carbonyl (C=O) groups is 2. The summed E-state index contributed by atoms with van der Waals surface area (Å²) in [6, 6.07) is 5.25. The minimum atomic E-state index is -0.901. The molecule has 3 rings (SSSR count). The van der Waals surface area contributed by atoms with Crippen LogP contribution in [-0.4, -0.2) is 34.5 Å². The van der Waals surface area contributed by atoms with Crippen molar-refractivity contribution in [2.24, 2.45) is 11.7 Å². The van der Waals surface area contributed by atoms with Crippen molar-refractivity contribution in [3.05, 3.63) is 34.9 Å². The van der Waals surface area contributed by atoms with Gasteiger partial charge in [-0.2, -0.15) is 0 Å². The summed E-state index contributed by atoms with van der Waals surface area (Å²) in [6.45, 7) is 1.07. The van der Waals surface area contributed by atoms with Crippen LogP contribution in [0.15, 0.2) is 18.2 Å². The number of carboxylic acid groups (broad SMARTS) is 1. The van der Waals surface area contributed by atoms with E-state index in [-0.39, 0.29) is 11.9 Å². The number of fused-ring (bicyclic) bond motifs is 1. The van der Waals surface area contributed by atoms with Gasteiger partial charge in [-0.1, -0.05) is 12.1 Å². The summed E-state index contributed by atoms with van der Waals surface area (Å²) in [7, 11) is 0. The number of hydrogen-bond acceptors (Lipinski definition) is 3. The van der Waals surface area contributed by atoms with Gasteiger partial charge in [-0.25, -0.2) is 4.79 Å². The van der Waals surface area contributed by atoms with Crippen molar-refractivity contribution < 1.29 is 14.7 Å². The third-order valence-corrected chi connectivity index (χ3v) is 4.49. The van der Waals surface area contributed by atoms with Gasteiger partial charge >= 0.3 is 5.97 Å². The van der Waals surface area contributed by atoms with Gasteiger partial charge in [-0.05, 0) is 42.4 Å². The van der Waals surface area contributed by atoms with E-state index in [1.54, 1.807) is 17.0 Å². The fraction of sp³-hybridized carbons (Fsp3) is 0.500. The molecule has 2 aliphatic rings. The van der Waals surface area contributed by atoms with E-state index in [1.165, 1.54) is 0 Å². The normalized spacial score (nSPS) is 19.0. The molecule has 5 nitrogen and oxygen atoms in total. The lowest BCUT2D eigenvalue weighted by atomic mass is 9.94. The Morgan fingerprint density at radius 3 is 2.81 bits per heavy atom. The molecule has 1 aliphatic carbocycles. The van der Waals surface area contributed by atoms with Gasteiger partial charge in [0.15, 0.2) is 0 Å². The van der Waals surface area contributed by atoms with Crippen molar-refractivity contribution in [2.45, 2.75) is 38.3 Å². The molecular formula is C16H20N2O3. The van der Waals surface area contributed by atoms with Gasteiger partial charge in [-0.3, -0.25) is 4.79 Å². The van der Waals surface area contributed by atoms with Gasteiger partial charge < -0.3 is 15.7 Å². The molecule has 1 aromatic carbocycles. The molecular weight excluding hydrogens is 268 g/mol. The van der Waals surface area contributed by atoms with E-state index in [9.17, 15) is 14.7 Å². The Kier molecular flexibility index (Phi) is 3.68. The van der Waals surface area contributed by atoms with Gasteiger partial charge in [0.1, 0.15) is 0 Å². The van der Waals surface area contributed by atoms with Crippen LogP contribution in [0.4, 0.5) is 0 Å². The van der Waals surface area contributed by atoms with Crippen molar-refractivity contribution in [1.82, 2.24) is 4.90 Å². The highest BCUT2D eigenvalue weighted by Crippen LogP contribution is 2.33. The first-order chi connectivity index (χ1) is 10.1. The van der Waals surface area contributed by atoms with E-state index >= 15 is 0 Å². The highest BCUT2D eigenvalue weighted by atomic mass is 16.4. The van der Waals surface area contributed by atoms with E-state index in [2.05, 4.69) is 0 Å². The van der Waals surface area contributed by atoms with Crippen LogP contribution < -0.4 is 5.73 Å². The molecule has 1 unspecified atom stereocenters. The first kappa shape index (κ1) is 14.1. The lowest BCUT2D eigenvalue weighted by Gasteiger charge is -2.30. The Morgan fingerprint density at radius 1 is 1.38 bits per heavy atom. The molecule has 1 aliphatic heterocycles. The molecule has 1 saturated carbocycles. The zero-order valence-electron chi connectivity index (χ0n) is 11.9. The molecule has 0 saturated heterocycles. The maximum absolute atomic E-state index is 12.3. The third-order valence-electron chi connectivity index (χ3n) is 4.49. The molecule has 5 heteroatoms. The van der Waals surface area contributed by atoms with Crippen LogP contribution in [0.25, 0.3) is 0 Å². The Hall–Kier alpha value is -1.88. The van der Waals surface area contributed by atoms with Crippen molar-refractivity contribution >= 4 is 11.9 Å². The van der Waals surface area contributed by atoms with Crippen molar-refractivity contribution in [2.75, 3.05) is 6.54 Å². The van der Waals surface area contributed by atoms with Crippen molar-refractivity contribution in [3.63, 3.8) is 0 Å². The second kappa shape index (κ2) is 5.48. The lowest BCUT2D eigenvalue weighted by Crippen LogP contribution is -2.40. The quantitative estimate of drug-likeness (QED) is 0.877. The fourth-order valence-corrected chi connectivity index (χ4v) is 3.04. The monoisotopic (exact) mass is 288 g/mol. The van der Waals surface area contributed by atoms with E-state index in [1.807, 2.05) is 6.07 Å². The Morgan fingerprint density at radius 2 is 2.14 bits per heavy atom. The number of carbonyl (C=O) groups excluding carboxylic acids is 1. The third kappa shape index (κ3) is 2.93. The largest absolute Gasteiger partial charge is 0.478 e. The summed E-state index contributed by atoms with van der Waals surface area (Å²) in [5.41, 5.74) is 8.18. The summed E-state index contributed by atoms with van der Waals surface area (Å²) in [4.78, 5) is 25.3. The topological polar surface area (TPSA) is 83.6 Å². The average Bonchev–Trinajstić information content (AvgIpc) is 3.30. The number of aromatic carboxylic acids is 1. The highest BCUT2D eigenvalue weighted by molar-refractivity contribution is 5.90. The van der Waals surface area contributed by atoms with E-state index in [4.69, 9.17) is 5.73 Å². The summed E-state index contributed by atoms with van der Waals surface area (Å²) in [6.07, 6.45) is 3.28. The Bertz CT molecular complexity index is 581. The first-order valence-corrected chi connectivity index (χ1v) is 7.43. The number of carboxylic acids is 1.